The Morgan fingerprint density at radius 3 is 2.69 bits per heavy atom. The van der Waals surface area contributed by atoms with Crippen LogP contribution in [0, 0.1) is 11.3 Å². The summed E-state index contributed by atoms with van der Waals surface area (Å²) in [6.07, 6.45) is 3.92. The van der Waals surface area contributed by atoms with Crippen molar-refractivity contribution in [2.45, 2.75) is 33.1 Å². The predicted octanol–water partition coefficient (Wildman–Crippen LogP) is 1.54. The molecular formula is C11H17N3O2. The van der Waals surface area contributed by atoms with Gasteiger partial charge < -0.3 is 14.0 Å². The minimum Gasteiger partial charge on any atom is -0.353 e. The zero-order valence-electron chi connectivity index (χ0n) is 9.72. The first-order valence-electron chi connectivity index (χ1n) is 5.46. The fourth-order valence-corrected chi connectivity index (χ4v) is 1.43. The van der Waals surface area contributed by atoms with Crippen molar-refractivity contribution >= 4 is 0 Å². The lowest BCUT2D eigenvalue weighted by atomic mass is 10.4. The summed E-state index contributed by atoms with van der Waals surface area (Å²) >= 11 is 0. The molecule has 1 rings (SSSR count). The van der Waals surface area contributed by atoms with Crippen molar-refractivity contribution in [3.8, 4) is 6.07 Å². The zero-order valence-corrected chi connectivity index (χ0v) is 9.72. The van der Waals surface area contributed by atoms with Gasteiger partial charge in [-0.25, -0.2) is 4.98 Å². The van der Waals surface area contributed by atoms with Crippen LogP contribution in [-0.2, 0) is 16.0 Å². The highest BCUT2D eigenvalue weighted by Crippen LogP contribution is 2.05. The molecule has 0 aliphatic rings. The Labute approximate surface area is 95.6 Å². The highest BCUT2D eigenvalue weighted by Gasteiger charge is 2.09. The van der Waals surface area contributed by atoms with Crippen molar-refractivity contribution in [3.05, 3.63) is 18.2 Å². The highest BCUT2D eigenvalue weighted by atomic mass is 16.7. The second-order valence-electron chi connectivity index (χ2n) is 3.18. The van der Waals surface area contributed by atoms with Gasteiger partial charge in [0.05, 0.1) is 0 Å². The van der Waals surface area contributed by atoms with E-state index >= 15 is 0 Å². The Morgan fingerprint density at radius 1 is 1.44 bits per heavy atom. The van der Waals surface area contributed by atoms with Gasteiger partial charge in [0.25, 0.3) is 0 Å². The second-order valence-corrected chi connectivity index (χ2v) is 3.18. The summed E-state index contributed by atoms with van der Waals surface area (Å²) < 4.78 is 12.6. The number of aromatic nitrogens is 2. The summed E-state index contributed by atoms with van der Waals surface area (Å²) in [5, 5.41) is 8.78. The molecule has 0 aliphatic carbocycles. The van der Waals surface area contributed by atoms with Crippen molar-refractivity contribution in [1.29, 1.82) is 5.26 Å². The van der Waals surface area contributed by atoms with Crippen molar-refractivity contribution in [2.75, 3.05) is 13.2 Å². The number of hydrogen-bond donors (Lipinski definition) is 0. The average molecular weight is 223 g/mol. The Kier molecular flexibility index (Phi) is 5.54. The van der Waals surface area contributed by atoms with E-state index in [0.717, 1.165) is 0 Å². The molecule has 0 N–H and O–H groups in total. The van der Waals surface area contributed by atoms with Gasteiger partial charge in [-0.3, -0.25) is 0 Å². The molecule has 0 bridgehead atoms. The van der Waals surface area contributed by atoms with Gasteiger partial charge in [-0.1, -0.05) is 0 Å². The number of ether oxygens (including phenoxy) is 2. The highest BCUT2D eigenvalue weighted by molar-refractivity contribution is 5.10. The largest absolute Gasteiger partial charge is 0.353 e. The standard InChI is InChI=1S/C11H17N3O2/c1-3-15-11(16-4-2)5-7-14-8-6-13-10(14)9-12/h6,8,11H,3-5,7H2,1-2H3. The molecule has 0 saturated carbocycles. The van der Waals surface area contributed by atoms with E-state index in [1.54, 1.807) is 17.0 Å². The van der Waals surface area contributed by atoms with Gasteiger partial charge in [-0.2, -0.15) is 5.26 Å². The molecule has 0 aromatic carbocycles. The van der Waals surface area contributed by atoms with Crippen LogP contribution in [0.2, 0.25) is 0 Å². The summed E-state index contributed by atoms with van der Waals surface area (Å²) in [7, 11) is 0. The third-order valence-corrected chi connectivity index (χ3v) is 2.13. The van der Waals surface area contributed by atoms with Crippen molar-refractivity contribution in [3.63, 3.8) is 0 Å². The molecule has 0 radical (unpaired) electrons. The lowest BCUT2D eigenvalue weighted by Gasteiger charge is -2.16. The van der Waals surface area contributed by atoms with Gasteiger partial charge in [0.1, 0.15) is 6.07 Å². The number of nitrogens with zero attached hydrogens (tertiary/aromatic N) is 3. The first kappa shape index (κ1) is 12.7. The predicted molar refractivity (Wildman–Crippen MR) is 58.6 cm³/mol. The van der Waals surface area contributed by atoms with Crippen molar-refractivity contribution < 1.29 is 9.47 Å². The molecule has 0 unspecified atom stereocenters. The van der Waals surface area contributed by atoms with Crippen LogP contribution in [0.1, 0.15) is 26.1 Å². The van der Waals surface area contributed by atoms with Gasteiger partial charge in [0.15, 0.2) is 6.29 Å². The van der Waals surface area contributed by atoms with Crippen LogP contribution in [0.25, 0.3) is 0 Å². The minimum absolute atomic E-state index is 0.205. The van der Waals surface area contributed by atoms with Gasteiger partial charge >= 0.3 is 0 Å². The molecular weight excluding hydrogens is 206 g/mol. The van der Waals surface area contributed by atoms with Crippen molar-refractivity contribution in [2.24, 2.45) is 0 Å². The molecule has 1 aromatic heterocycles. The van der Waals surface area contributed by atoms with Gasteiger partial charge in [0, 0.05) is 38.6 Å². The number of nitriles is 1. The quantitative estimate of drug-likeness (QED) is 0.658. The van der Waals surface area contributed by atoms with E-state index in [-0.39, 0.29) is 6.29 Å². The van der Waals surface area contributed by atoms with E-state index in [0.29, 0.717) is 32.0 Å². The van der Waals surface area contributed by atoms with Crippen LogP contribution in [0.3, 0.4) is 0 Å². The molecule has 0 fully saturated rings. The molecule has 0 atom stereocenters. The Balaban J connectivity index is 2.45. The molecule has 88 valence electrons. The van der Waals surface area contributed by atoms with Crippen LogP contribution in [0.5, 0.6) is 0 Å². The van der Waals surface area contributed by atoms with E-state index in [2.05, 4.69) is 4.98 Å². The average Bonchev–Trinajstić information content (AvgIpc) is 2.74. The molecule has 16 heavy (non-hydrogen) atoms. The molecule has 0 aliphatic heterocycles. The van der Waals surface area contributed by atoms with Crippen molar-refractivity contribution in [1.82, 2.24) is 9.55 Å². The second kappa shape index (κ2) is 6.99. The van der Waals surface area contributed by atoms with E-state index in [9.17, 15) is 0 Å². The third-order valence-electron chi connectivity index (χ3n) is 2.13. The van der Waals surface area contributed by atoms with Crippen LogP contribution >= 0.6 is 0 Å². The maximum Gasteiger partial charge on any atom is 0.212 e. The lowest BCUT2D eigenvalue weighted by Crippen LogP contribution is -2.19. The molecule has 5 nitrogen and oxygen atoms in total. The third kappa shape index (κ3) is 3.65. The summed E-state index contributed by atoms with van der Waals surface area (Å²) in [5.74, 6) is 0.423. The van der Waals surface area contributed by atoms with Crippen LogP contribution in [0.15, 0.2) is 12.4 Å². The lowest BCUT2D eigenvalue weighted by molar-refractivity contribution is -0.140. The van der Waals surface area contributed by atoms with E-state index in [1.807, 2.05) is 19.9 Å². The normalized spacial score (nSPS) is 10.6. The smallest absolute Gasteiger partial charge is 0.212 e. The molecule has 0 spiro atoms. The summed E-state index contributed by atoms with van der Waals surface area (Å²) in [4.78, 5) is 3.92. The monoisotopic (exact) mass is 223 g/mol. The number of imidazole rings is 1. The molecule has 0 amide bonds. The van der Waals surface area contributed by atoms with Crippen LogP contribution in [0.4, 0.5) is 0 Å². The zero-order chi connectivity index (χ0) is 11.8. The SMILES string of the molecule is CCOC(CCn1ccnc1C#N)OCC. The number of rotatable bonds is 7. The van der Waals surface area contributed by atoms with Crippen LogP contribution < -0.4 is 0 Å². The Bertz CT molecular complexity index is 337. The number of hydrogen-bond acceptors (Lipinski definition) is 4. The maximum absolute atomic E-state index is 8.78. The minimum atomic E-state index is -0.205. The molecule has 5 heteroatoms. The molecule has 1 aromatic rings. The van der Waals surface area contributed by atoms with Crippen LogP contribution in [-0.4, -0.2) is 29.1 Å². The first-order chi connectivity index (χ1) is 7.81. The van der Waals surface area contributed by atoms with E-state index in [1.165, 1.54) is 0 Å². The summed E-state index contributed by atoms with van der Waals surface area (Å²) in [6.45, 7) is 5.79. The molecule has 1 heterocycles. The van der Waals surface area contributed by atoms with Gasteiger partial charge in [0.2, 0.25) is 5.82 Å². The van der Waals surface area contributed by atoms with Gasteiger partial charge in [-0.15, -0.1) is 0 Å². The topological polar surface area (TPSA) is 60.1 Å². The van der Waals surface area contributed by atoms with E-state index < -0.39 is 0 Å². The first-order valence-corrected chi connectivity index (χ1v) is 5.46. The number of aryl methyl sites for hydroxylation is 1. The fraction of sp³-hybridized carbons (Fsp3) is 0.636. The Morgan fingerprint density at radius 2 is 2.12 bits per heavy atom. The maximum atomic E-state index is 8.78. The fourth-order valence-electron chi connectivity index (χ4n) is 1.43. The Hall–Kier alpha value is -1.38. The molecule has 0 saturated heterocycles. The summed E-state index contributed by atoms with van der Waals surface area (Å²) in [6, 6.07) is 2.03. The van der Waals surface area contributed by atoms with Gasteiger partial charge in [-0.05, 0) is 13.8 Å². The van der Waals surface area contributed by atoms with E-state index in [4.69, 9.17) is 14.7 Å². The summed E-state index contributed by atoms with van der Waals surface area (Å²) in [5.41, 5.74) is 0.